The summed E-state index contributed by atoms with van der Waals surface area (Å²) in [5.41, 5.74) is 1.78. The van der Waals surface area contributed by atoms with Gasteiger partial charge in [0, 0.05) is 18.8 Å². The van der Waals surface area contributed by atoms with Crippen LogP contribution in [0.25, 0.3) is 0 Å². The van der Waals surface area contributed by atoms with Crippen molar-refractivity contribution in [1.29, 1.82) is 0 Å². The van der Waals surface area contributed by atoms with Gasteiger partial charge in [-0.2, -0.15) is 0 Å². The number of carbonyl (C=O) groups excluding carboxylic acids is 1. The fourth-order valence-electron chi connectivity index (χ4n) is 3.61. The zero-order chi connectivity index (χ0) is 19.9. The Morgan fingerprint density at radius 3 is 2.61 bits per heavy atom. The van der Waals surface area contributed by atoms with Crippen LogP contribution in [0, 0.1) is 5.82 Å². The van der Waals surface area contributed by atoms with Crippen molar-refractivity contribution in [2.45, 2.75) is 44.3 Å². The molecule has 28 heavy (non-hydrogen) atoms. The molecule has 1 aliphatic carbocycles. The second-order valence-electron chi connectivity index (χ2n) is 7.57. The number of carbonyl (C=O) groups is 1. The first-order chi connectivity index (χ1) is 13.3. The van der Waals surface area contributed by atoms with Crippen LogP contribution in [0.1, 0.15) is 36.8 Å². The number of hydrogen-bond acceptors (Lipinski definition) is 2. The Kier molecular flexibility index (Phi) is 5.23. The number of halogens is 4. The Balaban J connectivity index is 1.58. The molecular formula is C21H20Cl2F2N2O. The SMILES string of the molecule is O=C(CC1(F)CC1)Nc1c(Cl)cc2c(c1Cl)CCCN2Cc1ccc(F)cc1. The third-order valence-corrected chi connectivity index (χ3v) is 6.03. The molecular weight excluding hydrogens is 405 g/mol. The molecule has 4 rings (SSSR count). The highest BCUT2D eigenvalue weighted by atomic mass is 35.5. The first kappa shape index (κ1) is 19.5. The van der Waals surface area contributed by atoms with E-state index in [1.54, 1.807) is 18.2 Å². The van der Waals surface area contributed by atoms with E-state index in [0.717, 1.165) is 36.2 Å². The Morgan fingerprint density at radius 2 is 1.93 bits per heavy atom. The molecule has 1 N–H and O–H groups in total. The Bertz CT molecular complexity index is 914. The first-order valence-electron chi connectivity index (χ1n) is 9.34. The molecule has 0 atom stereocenters. The molecule has 1 aliphatic heterocycles. The minimum atomic E-state index is -1.37. The second-order valence-corrected chi connectivity index (χ2v) is 8.36. The molecule has 3 nitrogen and oxygen atoms in total. The van der Waals surface area contributed by atoms with Crippen molar-refractivity contribution in [3.8, 4) is 0 Å². The Hall–Kier alpha value is -1.85. The molecule has 2 aromatic rings. The minimum Gasteiger partial charge on any atom is -0.367 e. The summed E-state index contributed by atoms with van der Waals surface area (Å²) in [4.78, 5) is 14.3. The lowest BCUT2D eigenvalue weighted by molar-refractivity contribution is -0.117. The molecule has 1 amide bonds. The van der Waals surface area contributed by atoms with Crippen LogP contribution >= 0.6 is 23.2 Å². The molecule has 1 saturated carbocycles. The van der Waals surface area contributed by atoms with Crippen LogP contribution in [0.5, 0.6) is 0 Å². The second kappa shape index (κ2) is 7.53. The normalized spacial score (nSPS) is 17.2. The Morgan fingerprint density at radius 1 is 1.21 bits per heavy atom. The lowest BCUT2D eigenvalue weighted by atomic mass is 9.99. The van der Waals surface area contributed by atoms with Gasteiger partial charge in [0.1, 0.15) is 11.5 Å². The number of alkyl halides is 1. The maximum atomic E-state index is 13.9. The zero-order valence-electron chi connectivity index (χ0n) is 15.2. The van der Waals surface area contributed by atoms with Crippen LogP contribution < -0.4 is 10.2 Å². The quantitative estimate of drug-likeness (QED) is 0.646. The number of nitrogens with zero attached hydrogens (tertiary/aromatic N) is 1. The van der Waals surface area contributed by atoms with Gasteiger partial charge in [0.25, 0.3) is 0 Å². The molecule has 148 valence electrons. The van der Waals surface area contributed by atoms with E-state index >= 15 is 0 Å². The summed E-state index contributed by atoms with van der Waals surface area (Å²) < 4.78 is 27.0. The molecule has 1 fully saturated rings. The zero-order valence-corrected chi connectivity index (χ0v) is 16.7. The maximum absolute atomic E-state index is 13.9. The van der Waals surface area contributed by atoms with Crippen LogP contribution in [0.2, 0.25) is 10.0 Å². The van der Waals surface area contributed by atoms with Gasteiger partial charge in [-0.1, -0.05) is 35.3 Å². The van der Waals surface area contributed by atoms with E-state index in [1.807, 2.05) is 0 Å². The molecule has 0 unspecified atom stereocenters. The average molecular weight is 425 g/mol. The van der Waals surface area contributed by atoms with Crippen LogP contribution in [0.3, 0.4) is 0 Å². The fraction of sp³-hybridized carbons (Fsp3) is 0.381. The summed E-state index contributed by atoms with van der Waals surface area (Å²) >= 11 is 13.0. The van der Waals surface area contributed by atoms with Crippen LogP contribution in [-0.2, 0) is 17.8 Å². The molecule has 7 heteroatoms. The van der Waals surface area contributed by atoms with Gasteiger partial charge in [0.2, 0.25) is 5.91 Å². The lowest BCUT2D eigenvalue weighted by Crippen LogP contribution is -2.29. The van der Waals surface area contributed by atoms with Gasteiger partial charge in [-0.25, -0.2) is 8.78 Å². The number of anilines is 2. The highest BCUT2D eigenvalue weighted by Gasteiger charge is 2.45. The monoisotopic (exact) mass is 424 g/mol. The van der Waals surface area contributed by atoms with E-state index in [1.165, 1.54) is 12.1 Å². The third kappa shape index (κ3) is 4.11. The summed E-state index contributed by atoms with van der Waals surface area (Å²) in [5.74, 6) is -0.682. The summed E-state index contributed by atoms with van der Waals surface area (Å²) in [6.45, 7) is 1.43. The maximum Gasteiger partial charge on any atom is 0.227 e. The summed E-state index contributed by atoms with van der Waals surface area (Å²) in [7, 11) is 0. The fourth-order valence-corrected chi connectivity index (χ4v) is 4.24. The van der Waals surface area contributed by atoms with Crippen molar-refractivity contribution in [1.82, 2.24) is 0 Å². The number of amides is 1. The molecule has 0 radical (unpaired) electrons. The summed E-state index contributed by atoms with van der Waals surface area (Å²) in [6.07, 6.45) is 2.33. The first-order valence-corrected chi connectivity index (χ1v) is 10.1. The third-order valence-electron chi connectivity index (χ3n) is 5.31. The highest BCUT2D eigenvalue weighted by Crippen LogP contribution is 2.45. The van der Waals surface area contributed by atoms with E-state index in [0.29, 0.717) is 35.1 Å². The minimum absolute atomic E-state index is 0.173. The number of fused-ring (bicyclic) bond motifs is 1. The lowest BCUT2D eigenvalue weighted by Gasteiger charge is -2.33. The number of hydrogen-bond donors (Lipinski definition) is 1. The average Bonchev–Trinajstić information content (AvgIpc) is 3.38. The van der Waals surface area contributed by atoms with Gasteiger partial charge in [0.15, 0.2) is 0 Å². The van der Waals surface area contributed by atoms with Crippen LogP contribution in [0.15, 0.2) is 30.3 Å². The smallest absolute Gasteiger partial charge is 0.227 e. The van der Waals surface area contributed by atoms with Gasteiger partial charge in [-0.15, -0.1) is 0 Å². The van der Waals surface area contributed by atoms with Crippen molar-refractivity contribution < 1.29 is 13.6 Å². The number of benzene rings is 2. The standard InChI is InChI=1S/C21H20Cl2F2N2O/c22-16-10-17-15(19(23)20(16)26-18(28)11-21(25)7-8-21)2-1-9-27(17)12-13-3-5-14(24)6-4-13/h3-6,10H,1-2,7-9,11-12H2,(H,26,28). The summed E-state index contributed by atoms with van der Waals surface area (Å²) in [5, 5.41) is 3.42. The van der Waals surface area contributed by atoms with Crippen LogP contribution in [-0.4, -0.2) is 18.1 Å². The van der Waals surface area contributed by atoms with Gasteiger partial charge in [-0.05, 0) is 55.0 Å². The number of rotatable bonds is 5. The predicted molar refractivity (Wildman–Crippen MR) is 109 cm³/mol. The van der Waals surface area contributed by atoms with Crippen molar-refractivity contribution in [2.75, 3.05) is 16.8 Å². The van der Waals surface area contributed by atoms with Crippen LogP contribution in [0.4, 0.5) is 20.2 Å². The van der Waals surface area contributed by atoms with Crippen molar-refractivity contribution in [3.63, 3.8) is 0 Å². The summed E-state index contributed by atoms with van der Waals surface area (Å²) in [6, 6.07) is 8.19. The van der Waals surface area contributed by atoms with E-state index in [2.05, 4.69) is 10.2 Å². The molecule has 0 bridgehead atoms. The molecule has 0 spiro atoms. The highest BCUT2D eigenvalue weighted by molar-refractivity contribution is 6.41. The van der Waals surface area contributed by atoms with E-state index in [4.69, 9.17) is 23.2 Å². The Labute approximate surface area is 172 Å². The van der Waals surface area contributed by atoms with Crippen molar-refractivity contribution in [2.24, 2.45) is 0 Å². The number of nitrogens with one attached hydrogen (secondary N) is 1. The van der Waals surface area contributed by atoms with Crippen molar-refractivity contribution >= 4 is 40.5 Å². The largest absolute Gasteiger partial charge is 0.367 e. The topological polar surface area (TPSA) is 32.3 Å². The van der Waals surface area contributed by atoms with Gasteiger partial charge < -0.3 is 10.2 Å². The molecule has 1 heterocycles. The van der Waals surface area contributed by atoms with Crippen molar-refractivity contribution in [3.05, 3.63) is 57.3 Å². The van der Waals surface area contributed by atoms with E-state index in [9.17, 15) is 13.6 Å². The van der Waals surface area contributed by atoms with Gasteiger partial charge >= 0.3 is 0 Å². The molecule has 2 aromatic carbocycles. The van der Waals surface area contributed by atoms with E-state index in [-0.39, 0.29) is 12.2 Å². The molecule has 0 saturated heterocycles. The predicted octanol–water partition coefficient (Wildman–Crippen LogP) is 5.92. The van der Waals surface area contributed by atoms with E-state index < -0.39 is 11.6 Å². The van der Waals surface area contributed by atoms with Gasteiger partial charge in [0.05, 0.1) is 22.2 Å². The molecule has 2 aliphatic rings. The van der Waals surface area contributed by atoms with Gasteiger partial charge in [-0.3, -0.25) is 4.79 Å². The molecule has 0 aromatic heterocycles.